The van der Waals surface area contributed by atoms with Crippen LogP contribution in [0, 0.1) is 10.1 Å². The summed E-state index contributed by atoms with van der Waals surface area (Å²) in [6.45, 7) is 5.67. The smallest absolute Gasteiger partial charge is 0.293 e. The van der Waals surface area contributed by atoms with E-state index in [1.54, 1.807) is 12.1 Å². The predicted octanol–water partition coefficient (Wildman–Crippen LogP) is 1.03. The molecule has 1 aliphatic rings. The van der Waals surface area contributed by atoms with Gasteiger partial charge >= 0.3 is 0 Å². The number of anilines is 1. The molecule has 0 unspecified atom stereocenters. The highest BCUT2D eigenvalue weighted by molar-refractivity contribution is 5.97. The SMILES string of the molecule is CC(C)NC(=O)CN(C)C(=O)c1ccc(N2CCOCC2)c([N+](=O)[O-])c1. The van der Waals surface area contributed by atoms with Crippen molar-refractivity contribution in [2.24, 2.45) is 0 Å². The first-order valence-corrected chi connectivity index (χ1v) is 8.45. The molecule has 0 atom stereocenters. The lowest BCUT2D eigenvalue weighted by molar-refractivity contribution is -0.384. The number of amides is 2. The number of benzene rings is 1. The van der Waals surface area contributed by atoms with Gasteiger partial charge in [0.1, 0.15) is 5.69 Å². The third kappa shape index (κ3) is 4.92. The lowest BCUT2D eigenvalue weighted by atomic mass is 10.1. The first-order chi connectivity index (χ1) is 12.3. The molecule has 0 aromatic heterocycles. The van der Waals surface area contributed by atoms with Crippen LogP contribution >= 0.6 is 0 Å². The lowest BCUT2D eigenvalue weighted by Gasteiger charge is -2.28. The van der Waals surface area contributed by atoms with Crippen molar-refractivity contribution in [3.05, 3.63) is 33.9 Å². The Morgan fingerprint density at radius 3 is 2.58 bits per heavy atom. The minimum absolute atomic E-state index is 0.0279. The normalized spacial score (nSPS) is 14.2. The molecule has 1 heterocycles. The molecule has 0 spiro atoms. The fourth-order valence-corrected chi connectivity index (χ4v) is 2.75. The highest BCUT2D eigenvalue weighted by Crippen LogP contribution is 2.30. The van der Waals surface area contributed by atoms with Crippen molar-refractivity contribution >= 4 is 23.2 Å². The molecule has 1 aliphatic heterocycles. The second kappa shape index (κ2) is 8.61. The Labute approximate surface area is 152 Å². The number of rotatable bonds is 6. The number of ether oxygens (including phenoxy) is 1. The minimum Gasteiger partial charge on any atom is -0.378 e. The first kappa shape index (κ1) is 19.6. The van der Waals surface area contributed by atoms with Crippen LogP contribution in [0.15, 0.2) is 18.2 Å². The highest BCUT2D eigenvalue weighted by atomic mass is 16.6. The van der Waals surface area contributed by atoms with Crippen LogP contribution in [0.1, 0.15) is 24.2 Å². The average molecular weight is 364 g/mol. The van der Waals surface area contributed by atoms with Crippen molar-refractivity contribution in [1.29, 1.82) is 0 Å². The summed E-state index contributed by atoms with van der Waals surface area (Å²) in [7, 11) is 1.49. The number of hydrogen-bond donors (Lipinski definition) is 1. The number of nitrogens with one attached hydrogen (secondary N) is 1. The molecule has 0 bridgehead atoms. The van der Waals surface area contributed by atoms with Crippen LogP contribution < -0.4 is 10.2 Å². The van der Waals surface area contributed by atoms with Crippen LogP contribution in [0.5, 0.6) is 0 Å². The Hall–Kier alpha value is -2.68. The summed E-state index contributed by atoms with van der Waals surface area (Å²) in [5, 5.41) is 14.2. The monoisotopic (exact) mass is 364 g/mol. The zero-order valence-electron chi connectivity index (χ0n) is 15.2. The molecule has 1 aromatic rings. The Kier molecular flexibility index (Phi) is 6.51. The van der Waals surface area contributed by atoms with Gasteiger partial charge in [-0.05, 0) is 26.0 Å². The summed E-state index contributed by atoms with van der Waals surface area (Å²) >= 11 is 0. The van der Waals surface area contributed by atoms with Gasteiger partial charge in [0.05, 0.1) is 24.7 Å². The quantitative estimate of drug-likeness (QED) is 0.597. The number of hydrogen-bond acceptors (Lipinski definition) is 6. The summed E-state index contributed by atoms with van der Waals surface area (Å²) in [6.07, 6.45) is 0. The van der Waals surface area contributed by atoms with Gasteiger partial charge in [-0.1, -0.05) is 0 Å². The fraction of sp³-hybridized carbons (Fsp3) is 0.529. The van der Waals surface area contributed by atoms with E-state index in [4.69, 9.17) is 4.74 Å². The van der Waals surface area contributed by atoms with Crippen LogP contribution in [0.3, 0.4) is 0 Å². The summed E-state index contributed by atoms with van der Waals surface area (Å²) in [5.74, 6) is -0.726. The van der Waals surface area contributed by atoms with Gasteiger partial charge < -0.3 is 19.9 Å². The van der Waals surface area contributed by atoms with E-state index >= 15 is 0 Å². The molecule has 26 heavy (non-hydrogen) atoms. The van der Waals surface area contributed by atoms with E-state index < -0.39 is 10.8 Å². The standard InChI is InChI=1S/C17H24N4O5/c1-12(2)18-16(22)11-19(3)17(23)13-4-5-14(15(10-13)21(24)25)20-6-8-26-9-7-20/h4-5,10,12H,6-9,11H2,1-3H3,(H,18,22). The van der Waals surface area contributed by atoms with Crippen LogP contribution in [-0.2, 0) is 9.53 Å². The number of nitro benzene ring substituents is 1. The molecular weight excluding hydrogens is 340 g/mol. The van der Waals surface area contributed by atoms with Gasteiger partial charge in [0.2, 0.25) is 5.91 Å². The number of carbonyl (C=O) groups is 2. The highest BCUT2D eigenvalue weighted by Gasteiger charge is 2.24. The Morgan fingerprint density at radius 1 is 1.35 bits per heavy atom. The molecule has 1 saturated heterocycles. The van der Waals surface area contributed by atoms with Crippen LogP contribution in [0.2, 0.25) is 0 Å². The van der Waals surface area contributed by atoms with Gasteiger partial charge in [-0.3, -0.25) is 19.7 Å². The molecule has 9 nitrogen and oxygen atoms in total. The average Bonchev–Trinajstić information content (AvgIpc) is 2.60. The van der Waals surface area contributed by atoms with Crippen molar-refractivity contribution in [3.63, 3.8) is 0 Å². The summed E-state index contributed by atoms with van der Waals surface area (Å²) in [6, 6.07) is 4.37. The molecule has 0 radical (unpaired) electrons. The van der Waals surface area contributed by atoms with E-state index in [2.05, 4.69) is 5.32 Å². The molecule has 0 saturated carbocycles. The fourth-order valence-electron chi connectivity index (χ4n) is 2.75. The van der Waals surface area contributed by atoms with E-state index in [1.165, 1.54) is 18.0 Å². The van der Waals surface area contributed by atoms with Crippen molar-refractivity contribution in [2.45, 2.75) is 19.9 Å². The topological polar surface area (TPSA) is 105 Å². The maximum absolute atomic E-state index is 12.5. The van der Waals surface area contributed by atoms with E-state index in [-0.39, 0.29) is 29.7 Å². The largest absolute Gasteiger partial charge is 0.378 e. The molecule has 2 rings (SSSR count). The molecule has 9 heteroatoms. The Morgan fingerprint density at radius 2 is 2.00 bits per heavy atom. The van der Waals surface area contributed by atoms with Crippen LogP contribution in [-0.4, -0.2) is 67.6 Å². The second-order valence-electron chi connectivity index (χ2n) is 6.44. The predicted molar refractivity (Wildman–Crippen MR) is 96.4 cm³/mol. The zero-order valence-corrected chi connectivity index (χ0v) is 15.2. The zero-order chi connectivity index (χ0) is 19.3. The van der Waals surface area contributed by atoms with Crippen molar-refractivity contribution in [3.8, 4) is 0 Å². The van der Waals surface area contributed by atoms with E-state index in [1.807, 2.05) is 18.7 Å². The number of carbonyl (C=O) groups excluding carboxylic acids is 2. The van der Waals surface area contributed by atoms with Gasteiger partial charge in [0, 0.05) is 37.8 Å². The molecule has 1 N–H and O–H groups in total. The van der Waals surface area contributed by atoms with Gasteiger partial charge in [-0.15, -0.1) is 0 Å². The van der Waals surface area contributed by atoms with E-state index in [0.29, 0.717) is 32.0 Å². The van der Waals surface area contributed by atoms with Crippen LogP contribution in [0.4, 0.5) is 11.4 Å². The third-order valence-corrected chi connectivity index (χ3v) is 3.95. The molecular formula is C17H24N4O5. The first-order valence-electron chi connectivity index (χ1n) is 8.45. The van der Waals surface area contributed by atoms with Gasteiger partial charge in [0.15, 0.2) is 0 Å². The molecule has 1 fully saturated rings. The molecule has 2 amide bonds. The number of likely N-dealkylation sites (N-methyl/N-ethyl adjacent to an activating group) is 1. The number of morpholine rings is 1. The molecule has 0 aliphatic carbocycles. The Bertz CT molecular complexity index is 686. The van der Waals surface area contributed by atoms with Gasteiger partial charge in [0.25, 0.3) is 11.6 Å². The van der Waals surface area contributed by atoms with Gasteiger partial charge in [-0.2, -0.15) is 0 Å². The van der Waals surface area contributed by atoms with Crippen molar-refractivity contribution in [2.75, 3.05) is 44.8 Å². The van der Waals surface area contributed by atoms with Crippen molar-refractivity contribution < 1.29 is 19.2 Å². The number of nitrogens with zero attached hydrogens (tertiary/aromatic N) is 3. The van der Waals surface area contributed by atoms with E-state index in [9.17, 15) is 19.7 Å². The maximum atomic E-state index is 12.5. The molecule has 1 aromatic carbocycles. The molecule has 142 valence electrons. The Balaban J connectivity index is 2.18. The van der Waals surface area contributed by atoms with Crippen molar-refractivity contribution in [1.82, 2.24) is 10.2 Å². The van der Waals surface area contributed by atoms with Crippen LogP contribution in [0.25, 0.3) is 0 Å². The summed E-state index contributed by atoms with van der Waals surface area (Å²) in [4.78, 5) is 38.4. The third-order valence-electron chi connectivity index (χ3n) is 3.95. The lowest BCUT2D eigenvalue weighted by Crippen LogP contribution is -2.41. The van der Waals surface area contributed by atoms with Gasteiger partial charge in [-0.25, -0.2) is 0 Å². The number of nitro groups is 1. The second-order valence-corrected chi connectivity index (χ2v) is 6.44. The summed E-state index contributed by atoms with van der Waals surface area (Å²) < 4.78 is 5.27. The van der Waals surface area contributed by atoms with E-state index in [0.717, 1.165) is 0 Å². The summed E-state index contributed by atoms with van der Waals surface area (Å²) in [5.41, 5.74) is 0.515. The maximum Gasteiger partial charge on any atom is 0.293 e. The minimum atomic E-state index is -0.493.